The molecule has 5 nitrogen and oxygen atoms in total. The van der Waals surface area contributed by atoms with Crippen LogP contribution in [0.4, 0.5) is 11.5 Å². The van der Waals surface area contributed by atoms with Crippen LogP contribution in [0.25, 0.3) is 0 Å². The standard InChI is InChI=1S/C10H9N3O2/c14-8-6-11-13-10(9(8)15)12-7-4-2-1-3-5-7/h1-6H,(H,11,15)(H2,12,13,14). The lowest BCUT2D eigenvalue weighted by molar-refractivity contribution is 0.468. The molecule has 1 aromatic heterocycles. The topological polar surface area (TPSA) is 78.0 Å². The van der Waals surface area contributed by atoms with Gasteiger partial charge in [-0.15, -0.1) is 0 Å². The second kappa shape index (κ2) is 3.83. The molecule has 0 atom stereocenters. The number of H-pyrrole nitrogens is 1. The molecule has 15 heavy (non-hydrogen) atoms. The van der Waals surface area contributed by atoms with Crippen molar-refractivity contribution in [3.63, 3.8) is 0 Å². The monoisotopic (exact) mass is 203 g/mol. The summed E-state index contributed by atoms with van der Waals surface area (Å²) >= 11 is 0. The van der Waals surface area contributed by atoms with Crippen LogP contribution < -0.4 is 10.7 Å². The Labute approximate surface area is 85.4 Å². The summed E-state index contributed by atoms with van der Waals surface area (Å²) < 4.78 is 0. The number of rotatable bonds is 2. The molecular weight excluding hydrogens is 194 g/mol. The Morgan fingerprint density at radius 1 is 1.27 bits per heavy atom. The Hall–Kier alpha value is -2.30. The van der Waals surface area contributed by atoms with Crippen LogP contribution in [0.5, 0.6) is 5.75 Å². The zero-order valence-corrected chi connectivity index (χ0v) is 7.77. The molecule has 0 aliphatic carbocycles. The van der Waals surface area contributed by atoms with Crippen molar-refractivity contribution >= 4 is 11.5 Å². The zero-order valence-electron chi connectivity index (χ0n) is 7.77. The number of aromatic amines is 1. The van der Waals surface area contributed by atoms with E-state index in [0.29, 0.717) is 0 Å². The molecule has 0 aliphatic heterocycles. The fourth-order valence-corrected chi connectivity index (χ4v) is 1.15. The van der Waals surface area contributed by atoms with Gasteiger partial charge in [0.2, 0.25) is 11.2 Å². The second-order valence-electron chi connectivity index (χ2n) is 2.95. The number of nitrogens with one attached hydrogen (secondary N) is 2. The number of hydrogen-bond acceptors (Lipinski definition) is 4. The molecule has 76 valence electrons. The predicted octanol–water partition coefficient (Wildman–Crippen LogP) is 1.22. The van der Waals surface area contributed by atoms with Gasteiger partial charge in [0.15, 0.2) is 5.82 Å². The number of nitrogens with zero attached hydrogens (tertiary/aromatic N) is 1. The van der Waals surface area contributed by atoms with Crippen molar-refractivity contribution in [1.82, 2.24) is 10.2 Å². The Bertz CT molecular complexity index is 508. The fourth-order valence-electron chi connectivity index (χ4n) is 1.15. The minimum absolute atomic E-state index is 0.189. The van der Waals surface area contributed by atoms with E-state index < -0.39 is 5.43 Å². The molecule has 5 heteroatoms. The number of aromatic hydroxyl groups is 1. The molecule has 0 unspecified atom stereocenters. The average molecular weight is 203 g/mol. The van der Waals surface area contributed by atoms with Crippen LogP contribution in [0.3, 0.4) is 0 Å². The SMILES string of the molecule is O=c1cn[nH]c(Nc2ccccc2)c1O. The van der Waals surface area contributed by atoms with E-state index in [-0.39, 0.29) is 11.6 Å². The third kappa shape index (κ3) is 1.96. The van der Waals surface area contributed by atoms with Crippen LogP contribution >= 0.6 is 0 Å². The van der Waals surface area contributed by atoms with Gasteiger partial charge in [-0.2, -0.15) is 5.10 Å². The largest absolute Gasteiger partial charge is 0.502 e. The molecule has 2 aromatic rings. The minimum atomic E-state index is -0.521. The highest BCUT2D eigenvalue weighted by atomic mass is 16.3. The number of hydrogen-bond donors (Lipinski definition) is 3. The fraction of sp³-hybridized carbons (Fsp3) is 0. The summed E-state index contributed by atoms with van der Waals surface area (Å²) in [6.07, 6.45) is 1.02. The summed E-state index contributed by atoms with van der Waals surface area (Å²) in [6, 6.07) is 9.17. The van der Waals surface area contributed by atoms with Crippen molar-refractivity contribution in [2.24, 2.45) is 0 Å². The van der Waals surface area contributed by atoms with Crippen LogP contribution in [0, 0.1) is 0 Å². The lowest BCUT2D eigenvalue weighted by Gasteiger charge is -2.05. The van der Waals surface area contributed by atoms with Gasteiger partial charge in [0.05, 0.1) is 6.20 Å². The van der Waals surface area contributed by atoms with Gasteiger partial charge in [-0.3, -0.25) is 9.89 Å². The summed E-state index contributed by atoms with van der Waals surface area (Å²) in [6.45, 7) is 0. The van der Waals surface area contributed by atoms with Gasteiger partial charge in [-0.25, -0.2) is 0 Å². The molecule has 1 heterocycles. The van der Waals surface area contributed by atoms with Gasteiger partial charge in [0, 0.05) is 5.69 Å². The highest BCUT2D eigenvalue weighted by Gasteiger charge is 2.04. The number of aromatic nitrogens is 2. The summed E-state index contributed by atoms with van der Waals surface area (Å²) in [5, 5.41) is 18.4. The summed E-state index contributed by atoms with van der Waals surface area (Å²) in [4.78, 5) is 11.1. The average Bonchev–Trinajstić information content (AvgIpc) is 2.26. The van der Waals surface area contributed by atoms with Crippen molar-refractivity contribution in [2.75, 3.05) is 5.32 Å². The number of para-hydroxylation sites is 1. The molecular formula is C10H9N3O2. The summed E-state index contributed by atoms with van der Waals surface area (Å²) in [5.74, 6) is -0.178. The lowest BCUT2D eigenvalue weighted by Crippen LogP contribution is -2.06. The third-order valence-electron chi connectivity index (χ3n) is 1.87. The highest BCUT2D eigenvalue weighted by molar-refractivity contribution is 5.60. The lowest BCUT2D eigenvalue weighted by atomic mass is 10.3. The van der Waals surface area contributed by atoms with Gasteiger partial charge in [0.25, 0.3) is 0 Å². The normalized spacial score (nSPS) is 9.87. The van der Waals surface area contributed by atoms with Gasteiger partial charge in [0.1, 0.15) is 0 Å². The van der Waals surface area contributed by atoms with Crippen LogP contribution in [0.1, 0.15) is 0 Å². The minimum Gasteiger partial charge on any atom is -0.502 e. The van der Waals surface area contributed by atoms with E-state index in [1.165, 1.54) is 0 Å². The molecule has 0 aliphatic rings. The van der Waals surface area contributed by atoms with Crippen LogP contribution in [0.2, 0.25) is 0 Å². The highest BCUT2D eigenvalue weighted by Crippen LogP contribution is 2.18. The Morgan fingerprint density at radius 3 is 2.73 bits per heavy atom. The maximum absolute atomic E-state index is 11.1. The van der Waals surface area contributed by atoms with Crippen molar-refractivity contribution in [3.05, 3.63) is 46.8 Å². The van der Waals surface area contributed by atoms with E-state index in [4.69, 9.17) is 0 Å². The second-order valence-corrected chi connectivity index (χ2v) is 2.95. The van der Waals surface area contributed by atoms with E-state index in [2.05, 4.69) is 15.5 Å². The van der Waals surface area contributed by atoms with E-state index in [9.17, 15) is 9.90 Å². The third-order valence-corrected chi connectivity index (χ3v) is 1.87. The van der Waals surface area contributed by atoms with Crippen molar-refractivity contribution in [2.45, 2.75) is 0 Å². The van der Waals surface area contributed by atoms with Crippen molar-refractivity contribution in [1.29, 1.82) is 0 Å². The molecule has 3 N–H and O–H groups in total. The van der Waals surface area contributed by atoms with Crippen LogP contribution in [-0.4, -0.2) is 15.3 Å². The van der Waals surface area contributed by atoms with Gasteiger partial charge in [-0.1, -0.05) is 18.2 Å². The van der Waals surface area contributed by atoms with Gasteiger partial charge >= 0.3 is 0 Å². The Kier molecular flexibility index (Phi) is 2.37. The Balaban J connectivity index is 2.33. The van der Waals surface area contributed by atoms with Crippen molar-refractivity contribution in [3.8, 4) is 5.75 Å². The summed E-state index contributed by atoms with van der Waals surface area (Å²) in [7, 11) is 0. The van der Waals surface area contributed by atoms with Gasteiger partial charge in [-0.05, 0) is 12.1 Å². The maximum atomic E-state index is 11.1. The molecule has 0 saturated carbocycles. The molecule has 0 bridgehead atoms. The van der Waals surface area contributed by atoms with Crippen LogP contribution in [-0.2, 0) is 0 Å². The number of benzene rings is 1. The molecule has 0 fully saturated rings. The first-order chi connectivity index (χ1) is 7.27. The zero-order chi connectivity index (χ0) is 10.7. The van der Waals surface area contributed by atoms with Crippen molar-refractivity contribution < 1.29 is 5.11 Å². The van der Waals surface area contributed by atoms with E-state index in [1.807, 2.05) is 30.3 Å². The first kappa shape index (κ1) is 9.26. The van der Waals surface area contributed by atoms with Gasteiger partial charge < -0.3 is 10.4 Å². The molecule has 0 saturated heterocycles. The quantitative estimate of drug-likeness (QED) is 0.685. The number of anilines is 2. The Morgan fingerprint density at radius 2 is 2.00 bits per heavy atom. The van der Waals surface area contributed by atoms with E-state index in [0.717, 1.165) is 11.9 Å². The summed E-state index contributed by atoms with van der Waals surface area (Å²) in [5.41, 5.74) is 0.239. The molecule has 0 radical (unpaired) electrons. The molecule has 0 amide bonds. The van der Waals surface area contributed by atoms with Crippen LogP contribution in [0.15, 0.2) is 41.3 Å². The smallest absolute Gasteiger partial charge is 0.243 e. The van der Waals surface area contributed by atoms with E-state index >= 15 is 0 Å². The first-order valence-electron chi connectivity index (χ1n) is 4.36. The predicted molar refractivity (Wildman–Crippen MR) is 56.2 cm³/mol. The maximum Gasteiger partial charge on any atom is 0.243 e. The molecule has 0 spiro atoms. The molecule has 2 rings (SSSR count). The van der Waals surface area contributed by atoms with E-state index in [1.54, 1.807) is 0 Å². The first-order valence-corrected chi connectivity index (χ1v) is 4.36. The molecule has 1 aromatic carbocycles.